The van der Waals surface area contributed by atoms with Crippen LogP contribution in [-0.4, -0.2) is 29.1 Å². The van der Waals surface area contributed by atoms with Crippen molar-refractivity contribution in [2.75, 3.05) is 0 Å². The van der Waals surface area contributed by atoms with Crippen molar-refractivity contribution in [2.24, 2.45) is 0 Å². The zero-order valence-corrected chi connectivity index (χ0v) is 26.8. The van der Waals surface area contributed by atoms with Crippen LogP contribution in [-0.2, 0) is 0 Å². The molecule has 4 heterocycles. The summed E-state index contributed by atoms with van der Waals surface area (Å²) in [4.78, 5) is 20.2. The number of benzene rings is 6. The van der Waals surface area contributed by atoms with Gasteiger partial charge in [-0.1, -0.05) is 121 Å². The van der Waals surface area contributed by atoms with Gasteiger partial charge in [-0.25, -0.2) is 4.98 Å². The number of hydrogen-bond donors (Lipinski definition) is 0. The first-order chi connectivity index (χ1) is 24.8. The van der Waals surface area contributed by atoms with Gasteiger partial charge in [0.2, 0.25) is 5.95 Å². The maximum atomic E-state index is 5.32. The number of para-hydroxylation sites is 3. The van der Waals surface area contributed by atoms with Gasteiger partial charge in [-0.3, -0.25) is 9.55 Å². The Labute approximate surface area is 287 Å². The minimum absolute atomic E-state index is 0.559. The van der Waals surface area contributed by atoms with Crippen LogP contribution in [0.2, 0.25) is 0 Å². The molecule has 6 nitrogen and oxygen atoms in total. The van der Waals surface area contributed by atoms with E-state index in [2.05, 4.69) is 135 Å². The van der Waals surface area contributed by atoms with Gasteiger partial charge in [0.25, 0.3) is 0 Å². The van der Waals surface area contributed by atoms with Crippen LogP contribution in [0, 0.1) is 0 Å². The maximum absolute atomic E-state index is 5.32. The lowest BCUT2D eigenvalue weighted by atomic mass is 9.99. The molecule has 0 atom stereocenters. The van der Waals surface area contributed by atoms with E-state index in [0.717, 1.165) is 60.6 Å². The first kappa shape index (κ1) is 28.1. The Hall–Kier alpha value is -6.92. The SMILES string of the molecule is c1ccc(-c2nc(-c3ccccc3-n3c4ccccc4c4ccncc43)nc(-n3c4ccccc4c4c(-c5ccccc5)cccc43)n2)cc1. The average Bonchev–Trinajstić information content (AvgIpc) is 3.72. The van der Waals surface area contributed by atoms with Crippen molar-refractivity contribution in [3.8, 4) is 45.5 Å². The Balaban J connectivity index is 1.28. The highest BCUT2D eigenvalue weighted by Crippen LogP contribution is 2.39. The van der Waals surface area contributed by atoms with Crippen molar-refractivity contribution in [3.05, 3.63) is 170 Å². The first-order valence-electron chi connectivity index (χ1n) is 16.7. The molecule has 234 valence electrons. The highest BCUT2D eigenvalue weighted by molar-refractivity contribution is 6.15. The topological polar surface area (TPSA) is 61.4 Å². The molecule has 0 N–H and O–H groups in total. The van der Waals surface area contributed by atoms with Gasteiger partial charge in [-0.15, -0.1) is 0 Å². The van der Waals surface area contributed by atoms with E-state index in [1.54, 1.807) is 0 Å². The molecular formula is C44H28N6. The lowest BCUT2D eigenvalue weighted by Crippen LogP contribution is -2.07. The Morgan fingerprint density at radius 3 is 1.80 bits per heavy atom. The lowest BCUT2D eigenvalue weighted by Gasteiger charge is -2.15. The van der Waals surface area contributed by atoms with Crippen LogP contribution in [0.5, 0.6) is 0 Å². The van der Waals surface area contributed by atoms with E-state index >= 15 is 0 Å². The smallest absolute Gasteiger partial charge is 0.238 e. The predicted octanol–water partition coefficient (Wildman–Crippen LogP) is 10.5. The van der Waals surface area contributed by atoms with Gasteiger partial charge in [0.05, 0.1) is 34.0 Å². The van der Waals surface area contributed by atoms with Gasteiger partial charge in [0.1, 0.15) is 0 Å². The van der Waals surface area contributed by atoms with Gasteiger partial charge in [-0.2, -0.15) is 9.97 Å². The summed E-state index contributed by atoms with van der Waals surface area (Å²) in [6, 6.07) is 54.6. The van der Waals surface area contributed by atoms with Crippen molar-refractivity contribution < 1.29 is 0 Å². The molecule has 0 radical (unpaired) electrons. The van der Waals surface area contributed by atoms with Gasteiger partial charge >= 0.3 is 0 Å². The summed E-state index contributed by atoms with van der Waals surface area (Å²) in [5, 5.41) is 4.62. The molecule has 0 unspecified atom stereocenters. The summed E-state index contributed by atoms with van der Waals surface area (Å²) in [5.41, 5.74) is 9.29. The van der Waals surface area contributed by atoms with E-state index in [-0.39, 0.29) is 0 Å². The minimum atomic E-state index is 0.559. The Kier molecular flexibility index (Phi) is 6.39. The fourth-order valence-electron chi connectivity index (χ4n) is 7.33. The number of hydrogen-bond acceptors (Lipinski definition) is 4. The number of nitrogens with zero attached hydrogens (tertiary/aromatic N) is 6. The lowest BCUT2D eigenvalue weighted by molar-refractivity contribution is 0.951. The van der Waals surface area contributed by atoms with E-state index in [1.807, 2.05) is 48.8 Å². The zero-order chi connectivity index (χ0) is 33.0. The van der Waals surface area contributed by atoms with Crippen molar-refractivity contribution in [1.82, 2.24) is 29.1 Å². The first-order valence-corrected chi connectivity index (χ1v) is 16.7. The van der Waals surface area contributed by atoms with Crippen molar-refractivity contribution >= 4 is 43.6 Å². The molecule has 0 saturated heterocycles. The summed E-state index contributed by atoms with van der Waals surface area (Å²) in [5.74, 6) is 1.75. The number of aromatic nitrogens is 6. The zero-order valence-electron chi connectivity index (χ0n) is 26.8. The van der Waals surface area contributed by atoms with Crippen LogP contribution in [0.15, 0.2) is 170 Å². The maximum Gasteiger partial charge on any atom is 0.238 e. The minimum Gasteiger partial charge on any atom is -0.307 e. The molecule has 0 aliphatic rings. The van der Waals surface area contributed by atoms with Gasteiger partial charge in [-0.05, 0) is 47.5 Å². The highest BCUT2D eigenvalue weighted by Gasteiger charge is 2.22. The highest BCUT2D eigenvalue weighted by atomic mass is 15.2. The number of rotatable bonds is 5. The third-order valence-corrected chi connectivity index (χ3v) is 9.50. The molecular weight excluding hydrogens is 613 g/mol. The largest absolute Gasteiger partial charge is 0.307 e. The Morgan fingerprint density at radius 1 is 0.380 bits per heavy atom. The van der Waals surface area contributed by atoms with Crippen molar-refractivity contribution in [2.45, 2.75) is 0 Å². The second-order valence-corrected chi connectivity index (χ2v) is 12.3. The molecule has 0 spiro atoms. The summed E-state index contributed by atoms with van der Waals surface area (Å²) >= 11 is 0. The molecule has 4 aromatic heterocycles. The van der Waals surface area contributed by atoms with Crippen LogP contribution in [0.1, 0.15) is 0 Å². The van der Waals surface area contributed by atoms with Crippen molar-refractivity contribution in [1.29, 1.82) is 0 Å². The summed E-state index contributed by atoms with van der Waals surface area (Å²) < 4.78 is 4.45. The second kappa shape index (κ2) is 11.4. The third-order valence-electron chi connectivity index (χ3n) is 9.50. The molecule has 0 bridgehead atoms. The van der Waals surface area contributed by atoms with Crippen LogP contribution >= 0.6 is 0 Å². The molecule has 6 aromatic carbocycles. The molecule has 0 aliphatic heterocycles. The average molecular weight is 641 g/mol. The van der Waals surface area contributed by atoms with E-state index in [1.165, 1.54) is 10.9 Å². The Morgan fingerprint density at radius 2 is 0.980 bits per heavy atom. The molecule has 0 aliphatic carbocycles. The molecule has 10 aromatic rings. The van der Waals surface area contributed by atoms with Crippen LogP contribution < -0.4 is 0 Å². The standard InChI is InChI=1S/C44H28N6/c1-3-14-29(15-4-1)31-21-13-25-39-41(31)34-19-8-11-23-37(34)50(39)44-47-42(30-16-5-2-6-17-30)46-43(48-44)35-20-9-12-24-38(35)49-36-22-10-7-18-32(36)33-26-27-45-28-40(33)49/h1-28H. The quantitative estimate of drug-likeness (QED) is 0.188. The predicted molar refractivity (Wildman–Crippen MR) is 203 cm³/mol. The van der Waals surface area contributed by atoms with Crippen LogP contribution in [0.4, 0.5) is 0 Å². The molecule has 0 fully saturated rings. The number of fused-ring (bicyclic) bond motifs is 6. The molecule has 10 rings (SSSR count). The van der Waals surface area contributed by atoms with Crippen LogP contribution in [0.25, 0.3) is 89.2 Å². The monoisotopic (exact) mass is 640 g/mol. The van der Waals surface area contributed by atoms with E-state index in [0.29, 0.717) is 17.6 Å². The van der Waals surface area contributed by atoms with E-state index in [9.17, 15) is 0 Å². The normalized spacial score (nSPS) is 11.6. The number of pyridine rings is 1. The Bertz CT molecular complexity index is 2820. The van der Waals surface area contributed by atoms with Gasteiger partial charge < -0.3 is 4.57 Å². The molecule has 0 saturated carbocycles. The van der Waals surface area contributed by atoms with Crippen LogP contribution in [0.3, 0.4) is 0 Å². The second-order valence-electron chi connectivity index (χ2n) is 12.3. The fraction of sp³-hybridized carbons (Fsp3) is 0. The van der Waals surface area contributed by atoms with Gasteiger partial charge in [0, 0.05) is 38.9 Å². The molecule has 6 heteroatoms. The fourth-order valence-corrected chi connectivity index (χ4v) is 7.33. The summed E-state index contributed by atoms with van der Waals surface area (Å²) in [6.45, 7) is 0. The molecule has 50 heavy (non-hydrogen) atoms. The van der Waals surface area contributed by atoms with E-state index in [4.69, 9.17) is 15.0 Å². The third kappa shape index (κ3) is 4.36. The van der Waals surface area contributed by atoms with Gasteiger partial charge in [0.15, 0.2) is 11.6 Å². The molecule has 0 amide bonds. The summed E-state index contributed by atoms with van der Waals surface area (Å²) in [6.07, 6.45) is 3.78. The summed E-state index contributed by atoms with van der Waals surface area (Å²) in [7, 11) is 0. The van der Waals surface area contributed by atoms with E-state index < -0.39 is 0 Å². The van der Waals surface area contributed by atoms with Crippen molar-refractivity contribution in [3.63, 3.8) is 0 Å².